The zero-order valence-electron chi connectivity index (χ0n) is 9.54. The van der Waals surface area contributed by atoms with Crippen LogP contribution >= 0.6 is 0 Å². The quantitative estimate of drug-likeness (QED) is 0.507. The second kappa shape index (κ2) is 4.94. The second-order valence-electron chi connectivity index (χ2n) is 3.75. The highest BCUT2D eigenvalue weighted by Gasteiger charge is 2.17. The molecule has 0 saturated heterocycles. The molecule has 0 fully saturated rings. The summed E-state index contributed by atoms with van der Waals surface area (Å²) in [5.41, 5.74) is 5.90. The third-order valence-corrected chi connectivity index (χ3v) is 5.34. The fraction of sp³-hybridized carbons (Fsp3) is 0.222. The Morgan fingerprint density at radius 3 is 2.11 bits per heavy atom. The van der Waals surface area contributed by atoms with Crippen molar-refractivity contribution >= 4 is 31.4 Å². The van der Waals surface area contributed by atoms with Gasteiger partial charge >= 0.3 is 0 Å². The minimum Gasteiger partial charge on any atom is -0.384 e. The predicted molar refractivity (Wildman–Crippen MR) is 69.7 cm³/mol. The maximum atomic E-state index is 11.5. The van der Waals surface area contributed by atoms with E-state index in [0.29, 0.717) is 5.56 Å². The number of rotatable bonds is 5. The van der Waals surface area contributed by atoms with Crippen molar-refractivity contribution in [2.75, 3.05) is 16.1 Å². The summed E-state index contributed by atoms with van der Waals surface area (Å²) in [5.74, 6) is -0.138. The van der Waals surface area contributed by atoms with Gasteiger partial charge in [-0.3, -0.25) is 10.1 Å². The molecule has 0 amide bonds. The first-order valence-electron chi connectivity index (χ1n) is 4.72. The largest absolute Gasteiger partial charge is 0.384 e. The highest BCUT2D eigenvalue weighted by molar-refractivity contribution is 8.08. The Morgan fingerprint density at radius 1 is 1.22 bits per heavy atom. The third-order valence-electron chi connectivity index (χ3n) is 1.84. The number of nitrogens with two attached hydrogens (primary N) is 1. The lowest BCUT2D eigenvalue weighted by Crippen LogP contribution is -2.22. The molecule has 0 aromatic heterocycles. The van der Waals surface area contributed by atoms with Gasteiger partial charge in [0.1, 0.15) is 5.84 Å². The van der Waals surface area contributed by atoms with Gasteiger partial charge < -0.3 is 5.73 Å². The summed E-state index contributed by atoms with van der Waals surface area (Å²) >= 11 is 0. The van der Waals surface area contributed by atoms with Gasteiger partial charge in [-0.25, -0.2) is 16.8 Å². The summed E-state index contributed by atoms with van der Waals surface area (Å²) in [7, 11) is -7.58. The van der Waals surface area contributed by atoms with Gasteiger partial charge in [0.15, 0.2) is 14.9 Å². The van der Waals surface area contributed by atoms with E-state index in [4.69, 9.17) is 11.1 Å². The SMILES string of the molecule is CS(=O)(=O)CS(=O)(=O)Nc1ccc(C(=N)N)cc1. The lowest BCUT2D eigenvalue weighted by atomic mass is 10.2. The summed E-state index contributed by atoms with van der Waals surface area (Å²) in [5, 5.41) is 6.19. The van der Waals surface area contributed by atoms with E-state index in [0.717, 1.165) is 6.26 Å². The number of hydrogen-bond donors (Lipinski definition) is 3. The zero-order chi connectivity index (χ0) is 14.0. The van der Waals surface area contributed by atoms with E-state index in [1.165, 1.54) is 24.3 Å². The van der Waals surface area contributed by atoms with Crippen LogP contribution < -0.4 is 10.5 Å². The van der Waals surface area contributed by atoms with E-state index in [9.17, 15) is 16.8 Å². The van der Waals surface area contributed by atoms with Crippen molar-refractivity contribution in [3.8, 4) is 0 Å². The van der Waals surface area contributed by atoms with Crippen LogP contribution in [0.5, 0.6) is 0 Å². The van der Waals surface area contributed by atoms with Gasteiger partial charge in [-0.15, -0.1) is 0 Å². The van der Waals surface area contributed by atoms with Crippen molar-refractivity contribution in [1.29, 1.82) is 5.41 Å². The number of hydrogen-bond acceptors (Lipinski definition) is 5. The van der Waals surface area contributed by atoms with Crippen LogP contribution in [0.3, 0.4) is 0 Å². The van der Waals surface area contributed by atoms with Crippen molar-refractivity contribution in [3.63, 3.8) is 0 Å². The molecule has 0 radical (unpaired) electrons. The Hall–Kier alpha value is -1.61. The van der Waals surface area contributed by atoms with Crippen LogP contribution in [0.2, 0.25) is 0 Å². The number of nitrogen functional groups attached to an aromatic ring is 1. The molecule has 4 N–H and O–H groups in total. The van der Waals surface area contributed by atoms with Gasteiger partial charge in [-0.05, 0) is 24.3 Å². The maximum Gasteiger partial charge on any atom is 0.247 e. The van der Waals surface area contributed by atoms with Gasteiger partial charge in [-0.2, -0.15) is 0 Å². The molecular formula is C9H13N3O4S2. The van der Waals surface area contributed by atoms with Gasteiger partial charge in [0.25, 0.3) is 0 Å². The molecule has 0 aliphatic rings. The Labute approximate surface area is 105 Å². The lowest BCUT2D eigenvalue weighted by molar-refractivity contribution is 0.595. The van der Waals surface area contributed by atoms with E-state index in [1.807, 2.05) is 0 Å². The number of anilines is 1. The van der Waals surface area contributed by atoms with Crippen molar-refractivity contribution < 1.29 is 16.8 Å². The van der Waals surface area contributed by atoms with Crippen LogP contribution in [-0.2, 0) is 19.9 Å². The average molecular weight is 291 g/mol. The first-order chi connectivity index (χ1) is 8.09. The number of sulfone groups is 1. The van der Waals surface area contributed by atoms with Crippen LogP contribution in [0.1, 0.15) is 5.56 Å². The fourth-order valence-electron chi connectivity index (χ4n) is 1.21. The van der Waals surface area contributed by atoms with Gasteiger partial charge in [0.2, 0.25) is 10.0 Å². The molecule has 0 bridgehead atoms. The molecule has 9 heteroatoms. The predicted octanol–water partition coefficient (Wildman–Crippen LogP) is -0.286. The van der Waals surface area contributed by atoms with Crippen molar-refractivity contribution in [1.82, 2.24) is 0 Å². The topological polar surface area (TPSA) is 130 Å². The van der Waals surface area contributed by atoms with Gasteiger partial charge in [-0.1, -0.05) is 0 Å². The number of amidine groups is 1. The summed E-state index contributed by atoms with van der Waals surface area (Å²) in [6.07, 6.45) is 0.838. The summed E-state index contributed by atoms with van der Waals surface area (Å²) in [6, 6.07) is 5.72. The number of nitrogens with one attached hydrogen (secondary N) is 2. The average Bonchev–Trinajstić information content (AvgIpc) is 2.13. The molecule has 1 aromatic rings. The van der Waals surface area contributed by atoms with Gasteiger partial charge in [0, 0.05) is 17.5 Å². The molecule has 0 atom stereocenters. The molecule has 100 valence electrons. The van der Waals surface area contributed by atoms with E-state index >= 15 is 0 Å². The van der Waals surface area contributed by atoms with Crippen LogP contribution in [0.15, 0.2) is 24.3 Å². The fourth-order valence-corrected chi connectivity index (χ4v) is 4.19. The maximum absolute atomic E-state index is 11.5. The monoisotopic (exact) mass is 291 g/mol. The summed E-state index contributed by atoms with van der Waals surface area (Å²) < 4.78 is 46.9. The van der Waals surface area contributed by atoms with Crippen molar-refractivity contribution in [2.24, 2.45) is 5.73 Å². The first kappa shape index (κ1) is 14.5. The Kier molecular flexibility index (Phi) is 3.97. The smallest absolute Gasteiger partial charge is 0.247 e. The second-order valence-corrected chi connectivity index (χ2v) is 7.98. The van der Waals surface area contributed by atoms with E-state index in [1.54, 1.807) is 0 Å². The molecule has 0 unspecified atom stereocenters. The van der Waals surface area contributed by atoms with Crippen LogP contribution in [0, 0.1) is 5.41 Å². The molecule has 7 nitrogen and oxygen atoms in total. The van der Waals surface area contributed by atoms with Crippen LogP contribution in [0.25, 0.3) is 0 Å². The van der Waals surface area contributed by atoms with Crippen LogP contribution in [0.4, 0.5) is 5.69 Å². The summed E-state index contributed by atoms with van der Waals surface area (Å²) in [6.45, 7) is 0. The summed E-state index contributed by atoms with van der Waals surface area (Å²) in [4.78, 5) is 0. The third kappa shape index (κ3) is 4.72. The molecule has 18 heavy (non-hydrogen) atoms. The Morgan fingerprint density at radius 2 is 1.72 bits per heavy atom. The van der Waals surface area contributed by atoms with E-state index < -0.39 is 24.9 Å². The van der Waals surface area contributed by atoms with Crippen LogP contribution in [-0.4, -0.2) is 34.0 Å². The van der Waals surface area contributed by atoms with Crippen molar-refractivity contribution in [2.45, 2.75) is 0 Å². The number of benzene rings is 1. The molecule has 0 aliphatic carbocycles. The van der Waals surface area contributed by atoms with Gasteiger partial charge in [0.05, 0.1) is 0 Å². The highest BCUT2D eigenvalue weighted by Crippen LogP contribution is 2.11. The molecule has 0 spiro atoms. The van der Waals surface area contributed by atoms with E-state index in [2.05, 4.69) is 4.72 Å². The zero-order valence-corrected chi connectivity index (χ0v) is 11.2. The molecule has 0 saturated carbocycles. The Balaban J connectivity index is 2.88. The molecule has 1 aromatic carbocycles. The lowest BCUT2D eigenvalue weighted by Gasteiger charge is -2.07. The standard InChI is InChI=1S/C9H13N3O4S2/c1-17(13,14)6-18(15,16)12-8-4-2-7(3-5-8)9(10)11/h2-5,12H,6H2,1H3,(H3,10,11). The molecule has 0 aliphatic heterocycles. The highest BCUT2D eigenvalue weighted by atomic mass is 32.3. The molecule has 0 heterocycles. The minimum atomic E-state index is -3.95. The minimum absolute atomic E-state index is 0.138. The van der Waals surface area contributed by atoms with Crippen molar-refractivity contribution in [3.05, 3.63) is 29.8 Å². The number of sulfonamides is 1. The normalized spacial score (nSPS) is 12.1. The Bertz CT molecular complexity index is 648. The molecular weight excluding hydrogens is 278 g/mol. The first-order valence-corrected chi connectivity index (χ1v) is 8.43. The molecule has 1 rings (SSSR count). The van der Waals surface area contributed by atoms with E-state index in [-0.39, 0.29) is 11.5 Å².